The van der Waals surface area contributed by atoms with Gasteiger partial charge in [-0.15, -0.1) is 0 Å². The maximum atomic E-state index is 12.8. The van der Waals surface area contributed by atoms with Crippen molar-refractivity contribution < 1.29 is 14.3 Å². The van der Waals surface area contributed by atoms with Gasteiger partial charge in [0.05, 0.1) is 5.60 Å². The predicted octanol–water partition coefficient (Wildman–Crippen LogP) is 3.75. The molecule has 2 rings (SSSR count). The second-order valence-corrected chi connectivity index (χ2v) is 6.51. The van der Waals surface area contributed by atoms with Crippen molar-refractivity contribution in [1.82, 2.24) is 0 Å². The smallest absolute Gasteiger partial charge is 0.139 e. The van der Waals surface area contributed by atoms with Crippen LogP contribution in [0, 0.1) is 11.8 Å². The van der Waals surface area contributed by atoms with E-state index in [-0.39, 0.29) is 17.4 Å². The fraction of sp³-hybridized carbons (Fsp3) is 0.941. The molecule has 0 radical (unpaired) electrons. The van der Waals surface area contributed by atoms with Gasteiger partial charge >= 0.3 is 0 Å². The summed E-state index contributed by atoms with van der Waals surface area (Å²) in [6.45, 7) is 6.68. The third-order valence-electron chi connectivity index (χ3n) is 4.98. The van der Waals surface area contributed by atoms with E-state index in [2.05, 4.69) is 13.8 Å². The van der Waals surface area contributed by atoms with Gasteiger partial charge in [-0.25, -0.2) is 0 Å². The van der Waals surface area contributed by atoms with E-state index in [4.69, 9.17) is 9.47 Å². The average Bonchev–Trinajstić information content (AvgIpc) is 2.47. The van der Waals surface area contributed by atoms with E-state index in [1.165, 1.54) is 0 Å². The molecule has 0 aliphatic carbocycles. The highest BCUT2D eigenvalue weighted by Gasteiger charge is 2.42. The van der Waals surface area contributed by atoms with Gasteiger partial charge < -0.3 is 9.47 Å². The molecule has 0 aromatic heterocycles. The minimum Gasteiger partial charge on any atom is -0.381 e. The molecule has 3 nitrogen and oxygen atoms in total. The minimum atomic E-state index is -0.0557. The number of ether oxygens (including phenoxy) is 2. The zero-order valence-electron chi connectivity index (χ0n) is 13.2. The standard InChI is InChI=1S/C17H30O3/c1-3-5-14(6-4-2)16(18)15-7-10-20-17(13-15)8-11-19-12-9-17/h14-15H,3-13H2,1-2H3. The van der Waals surface area contributed by atoms with Gasteiger partial charge in [0, 0.05) is 31.7 Å². The summed E-state index contributed by atoms with van der Waals surface area (Å²) in [5, 5.41) is 0. The van der Waals surface area contributed by atoms with Gasteiger partial charge in [-0.05, 0) is 38.5 Å². The van der Waals surface area contributed by atoms with Gasteiger partial charge in [0.15, 0.2) is 0 Å². The topological polar surface area (TPSA) is 35.5 Å². The van der Waals surface area contributed by atoms with Gasteiger partial charge in [0.2, 0.25) is 0 Å². The molecular formula is C17H30O3. The second kappa shape index (κ2) is 7.56. The lowest BCUT2D eigenvalue weighted by Gasteiger charge is -2.43. The summed E-state index contributed by atoms with van der Waals surface area (Å²) in [7, 11) is 0. The van der Waals surface area contributed by atoms with Gasteiger partial charge in [0.1, 0.15) is 5.78 Å². The fourth-order valence-electron chi connectivity index (χ4n) is 3.82. The van der Waals surface area contributed by atoms with E-state index >= 15 is 0 Å². The molecule has 1 spiro atoms. The Morgan fingerprint density at radius 1 is 1.15 bits per heavy atom. The molecule has 0 aromatic carbocycles. The first-order chi connectivity index (χ1) is 9.71. The molecule has 20 heavy (non-hydrogen) atoms. The third kappa shape index (κ3) is 3.82. The van der Waals surface area contributed by atoms with Gasteiger partial charge in [-0.3, -0.25) is 4.79 Å². The van der Waals surface area contributed by atoms with Crippen LogP contribution in [-0.4, -0.2) is 31.2 Å². The van der Waals surface area contributed by atoms with Gasteiger partial charge in [0.25, 0.3) is 0 Å². The number of carbonyl (C=O) groups is 1. The maximum Gasteiger partial charge on any atom is 0.139 e. The van der Waals surface area contributed by atoms with Crippen molar-refractivity contribution in [3.8, 4) is 0 Å². The first-order valence-electron chi connectivity index (χ1n) is 8.46. The first-order valence-corrected chi connectivity index (χ1v) is 8.46. The Kier molecular flexibility index (Phi) is 6.03. The molecule has 2 aliphatic rings. The molecule has 0 bridgehead atoms. The van der Waals surface area contributed by atoms with Crippen molar-refractivity contribution >= 4 is 5.78 Å². The number of Topliss-reactive ketones (excluding diaryl/α,β-unsaturated/α-hetero) is 1. The van der Waals surface area contributed by atoms with Crippen LogP contribution in [0.5, 0.6) is 0 Å². The van der Waals surface area contributed by atoms with Crippen molar-refractivity contribution in [2.45, 2.75) is 70.8 Å². The molecule has 2 saturated heterocycles. The Morgan fingerprint density at radius 2 is 1.80 bits per heavy atom. The summed E-state index contributed by atoms with van der Waals surface area (Å²) in [6, 6.07) is 0. The van der Waals surface area contributed by atoms with E-state index in [9.17, 15) is 4.79 Å². The fourth-order valence-corrected chi connectivity index (χ4v) is 3.82. The zero-order chi connectivity index (χ0) is 14.4. The highest BCUT2D eigenvalue weighted by molar-refractivity contribution is 5.83. The van der Waals surface area contributed by atoms with E-state index in [0.29, 0.717) is 5.78 Å². The number of hydrogen-bond acceptors (Lipinski definition) is 3. The molecule has 1 atom stereocenters. The summed E-state index contributed by atoms with van der Waals surface area (Å²) in [6.07, 6.45) is 8.11. The molecule has 2 aliphatic heterocycles. The molecule has 1 unspecified atom stereocenters. The van der Waals surface area contributed by atoms with E-state index in [0.717, 1.165) is 71.2 Å². The zero-order valence-corrected chi connectivity index (χ0v) is 13.2. The van der Waals surface area contributed by atoms with E-state index in [1.54, 1.807) is 0 Å². The highest BCUT2D eigenvalue weighted by Crippen LogP contribution is 2.38. The molecule has 116 valence electrons. The van der Waals surface area contributed by atoms with Crippen molar-refractivity contribution in [3.05, 3.63) is 0 Å². The Bertz CT molecular complexity index is 296. The van der Waals surface area contributed by atoms with Crippen LogP contribution in [0.15, 0.2) is 0 Å². The van der Waals surface area contributed by atoms with Crippen LogP contribution in [0.3, 0.4) is 0 Å². The first kappa shape index (κ1) is 16.0. The summed E-state index contributed by atoms with van der Waals surface area (Å²) in [5.74, 6) is 1.03. The Hall–Kier alpha value is -0.410. The van der Waals surface area contributed by atoms with Crippen molar-refractivity contribution in [2.24, 2.45) is 11.8 Å². The molecule has 2 fully saturated rings. The van der Waals surface area contributed by atoms with Gasteiger partial charge in [-0.1, -0.05) is 26.7 Å². The lowest BCUT2D eigenvalue weighted by molar-refractivity contribution is -0.159. The quantitative estimate of drug-likeness (QED) is 0.744. The minimum absolute atomic E-state index is 0.0557. The molecule has 0 N–H and O–H groups in total. The Balaban J connectivity index is 1.97. The van der Waals surface area contributed by atoms with Crippen LogP contribution in [0.2, 0.25) is 0 Å². The van der Waals surface area contributed by atoms with Crippen LogP contribution in [0.4, 0.5) is 0 Å². The summed E-state index contributed by atoms with van der Waals surface area (Å²) in [4.78, 5) is 12.8. The Morgan fingerprint density at radius 3 is 2.40 bits per heavy atom. The van der Waals surface area contributed by atoms with Crippen molar-refractivity contribution in [2.75, 3.05) is 19.8 Å². The molecule has 0 aromatic rings. The van der Waals surface area contributed by atoms with Crippen molar-refractivity contribution in [1.29, 1.82) is 0 Å². The normalized spacial score (nSPS) is 26.1. The van der Waals surface area contributed by atoms with Crippen LogP contribution in [0.1, 0.15) is 65.2 Å². The lowest BCUT2D eigenvalue weighted by atomic mass is 9.75. The molecule has 0 amide bonds. The second-order valence-electron chi connectivity index (χ2n) is 6.51. The van der Waals surface area contributed by atoms with E-state index < -0.39 is 0 Å². The summed E-state index contributed by atoms with van der Waals surface area (Å²) < 4.78 is 11.5. The SMILES string of the molecule is CCCC(CCC)C(=O)C1CCOC2(CCOCC2)C1. The van der Waals surface area contributed by atoms with E-state index in [1.807, 2.05) is 0 Å². The Labute approximate surface area is 123 Å². The number of carbonyl (C=O) groups excluding carboxylic acids is 1. The van der Waals surface area contributed by atoms with Crippen LogP contribution in [-0.2, 0) is 14.3 Å². The average molecular weight is 282 g/mol. The predicted molar refractivity (Wildman–Crippen MR) is 79.8 cm³/mol. The third-order valence-corrected chi connectivity index (χ3v) is 4.98. The van der Waals surface area contributed by atoms with Crippen molar-refractivity contribution in [3.63, 3.8) is 0 Å². The molecule has 2 heterocycles. The highest BCUT2D eigenvalue weighted by atomic mass is 16.5. The molecular weight excluding hydrogens is 252 g/mol. The number of hydrogen-bond donors (Lipinski definition) is 0. The van der Waals surface area contributed by atoms with Crippen LogP contribution < -0.4 is 0 Å². The largest absolute Gasteiger partial charge is 0.381 e. The summed E-state index contributed by atoms with van der Waals surface area (Å²) in [5.41, 5.74) is -0.0557. The maximum absolute atomic E-state index is 12.8. The van der Waals surface area contributed by atoms with Crippen LogP contribution in [0.25, 0.3) is 0 Å². The molecule has 0 saturated carbocycles. The number of ketones is 1. The monoisotopic (exact) mass is 282 g/mol. The summed E-state index contributed by atoms with van der Waals surface area (Å²) >= 11 is 0. The lowest BCUT2D eigenvalue weighted by Crippen LogP contribution is -2.46. The van der Waals surface area contributed by atoms with Gasteiger partial charge in [-0.2, -0.15) is 0 Å². The van der Waals surface area contributed by atoms with Crippen LogP contribution >= 0.6 is 0 Å². The molecule has 3 heteroatoms. The number of rotatable bonds is 6.